The van der Waals surface area contributed by atoms with Crippen LogP contribution in [0.25, 0.3) is 0 Å². The first-order valence-electron chi connectivity index (χ1n) is 5.99. The molecule has 15 heavy (non-hydrogen) atoms. The molecule has 0 aliphatic carbocycles. The van der Waals surface area contributed by atoms with Gasteiger partial charge >= 0.3 is 0 Å². The second kappa shape index (κ2) is 5.06. The quantitative estimate of drug-likeness (QED) is 0.734. The highest BCUT2D eigenvalue weighted by molar-refractivity contribution is 5.70. The van der Waals surface area contributed by atoms with Crippen LogP contribution in [0, 0.1) is 0 Å². The van der Waals surface area contributed by atoms with Crippen molar-refractivity contribution in [3.05, 3.63) is 24.3 Å². The monoisotopic (exact) mass is 204 g/mol. The molecule has 0 fully saturated rings. The molecule has 1 aliphatic rings. The summed E-state index contributed by atoms with van der Waals surface area (Å²) in [5.41, 5.74) is 2.49. The summed E-state index contributed by atoms with van der Waals surface area (Å²) in [5, 5.41) is 7.07. The van der Waals surface area contributed by atoms with E-state index < -0.39 is 0 Å². The maximum absolute atomic E-state index is 3.59. The average Bonchev–Trinajstić information content (AvgIpc) is 2.29. The molecule has 0 saturated carbocycles. The van der Waals surface area contributed by atoms with E-state index in [1.54, 1.807) is 0 Å². The van der Waals surface area contributed by atoms with E-state index in [9.17, 15) is 0 Å². The SMILES string of the molecule is CCCCC[C@@H]1CNc2ccccc2N1. The van der Waals surface area contributed by atoms with Crippen molar-refractivity contribution in [2.75, 3.05) is 17.2 Å². The van der Waals surface area contributed by atoms with Crippen LogP contribution in [-0.2, 0) is 0 Å². The summed E-state index contributed by atoms with van der Waals surface area (Å²) in [4.78, 5) is 0. The van der Waals surface area contributed by atoms with Gasteiger partial charge in [0.15, 0.2) is 0 Å². The first-order chi connectivity index (χ1) is 7.40. The molecule has 1 aromatic carbocycles. The van der Waals surface area contributed by atoms with Crippen molar-refractivity contribution in [2.24, 2.45) is 0 Å². The molecule has 0 unspecified atom stereocenters. The largest absolute Gasteiger partial charge is 0.381 e. The number of anilines is 2. The van der Waals surface area contributed by atoms with E-state index >= 15 is 0 Å². The van der Waals surface area contributed by atoms with Crippen molar-refractivity contribution in [1.29, 1.82) is 0 Å². The first-order valence-corrected chi connectivity index (χ1v) is 5.99. The predicted octanol–water partition coefficient (Wildman–Crippen LogP) is 3.47. The van der Waals surface area contributed by atoms with Crippen LogP contribution in [0.3, 0.4) is 0 Å². The minimum atomic E-state index is 0.603. The highest BCUT2D eigenvalue weighted by Gasteiger charge is 2.15. The maximum atomic E-state index is 3.59. The minimum absolute atomic E-state index is 0.603. The van der Waals surface area contributed by atoms with Crippen LogP contribution < -0.4 is 10.6 Å². The summed E-state index contributed by atoms with van der Waals surface area (Å²) >= 11 is 0. The molecule has 0 spiro atoms. The normalized spacial score (nSPS) is 18.9. The van der Waals surface area contributed by atoms with Crippen LogP contribution in [0.2, 0.25) is 0 Å². The van der Waals surface area contributed by atoms with Crippen LogP contribution in [0.5, 0.6) is 0 Å². The Labute approximate surface area is 92.1 Å². The van der Waals surface area contributed by atoms with E-state index in [0.717, 1.165) is 6.54 Å². The Morgan fingerprint density at radius 3 is 2.80 bits per heavy atom. The van der Waals surface area contributed by atoms with Gasteiger partial charge in [-0.3, -0.25) is 0 Å². The van der Waals surface area contributed by atoms with Crippen LogP contribution in [0.15, 0.2) is 24.3 Å². The molecule has 0 aromatic heterocycles. The van der Waals surface area contributed by atoms with Crippen LogP contribution in [-0.4, -0.2) is 12.6 Å². The minimum Gasteiger partial charge on any atom is -0.381 e. The number of rotatable bonds is 4. The average molecular weight is 204 g/mol. The van der Waals surface area contributed by atoms with Crippen molar-refractivity contribution in [1.82, 2.24) is 0 Å². The van der Waals surface area contributed by atoms with Gasteiger partial charge in [-0.15, -0.1) is 0 Å². The van der Waals surface area contributed by atoms with Gasteiger partial charge in [-0.25, -0.2) is 0 Å². The molecule has 1 atom stereocenters. The standard InChI is InChI=1S/C13H20N2/c1-2-3-4-7-11-10-14-12-8-5-6-9-13(12)15-11/h5-6,8-9,11,14-15H,2-4,7,10H2,1H3/t11-/m1/s1. The lowest BCUT2D eigenvalue weighted by Crippen LogP contribution is -2.32. The van der Waals surface area contributed by atoms with E-state index in [0.29, 0.717) is 6.04 Å². The fourth-order valence-corrected chi connectivity index (χ4v) is 2.08. The van der Waals surface area contributed by atoms with Crippen LogP contribution in [0.4, 0.5) is 11.4 Å². The highest BCUT2D eigenvalue weighted by atomic mass is 15.1. The Morgan fingerprint density at radius 1 is 1.20 bits per heavy atom. The zero-order valence-corrected chi connectivity index (χ0v) is 9.42. The Kier molecular flexibility index (Phi) is 3.49. The van der Waals surface area contributed by atoms with Gasteiger partial charge in [-0.2, -0.15) is 0 Å². The lowest BCUT2D eigenvalue weighted by Gasteiger charge is -2.28. The molecule has 2 nitrogen and oxygen atoms in total. The third kappa shape index (κ3) is 2.65. The molecule has 1 aliphatic heterocycles. The van der Waals surface area contributed by atoms with Crippen molar-refractivity contribution in [3.63, 3.8) is 0 Å². The maximum Gasteiger partial charge on any atom is 0.0578 e. The fraction of sp³-hybridized carbons (Fsp3) is 0.538. The molecule has 82 valence electrons. The molecule has 2 rings (SSSR count). The second-order valence-corrected chi connectivity index (χ2v) is 4.26. The van der Waals surface area contributed by atoms with Crippen molar-refractivity contribution < 1.29 is 0 Å². The molecule has 0 amide bonds. The van der Waals surface area contributed by atoms with E-state index in [2.05, 4.69) is 41.8 Å². The lowest BCUT2D eigenvalue weighted by atomic mass is 10.1. The Balaban J connectivity index is 1.88. The number of nitrogens with one attached hydrogen (secondary N) is 2. The topological polar surface area (TPSA) is 24.1 Å². The summed E-state index contributed by atoms with van der Waals surface area (Å²) in [6, 6.07) is 9.04. The van der Waals surface area contributed by atoms with Gasteiger partial charge in [0.2, 0.25) is 0 Å². The molecular weight excluding hydrogens is 184 g/mol. The number of para-hydroxylation sites is 2. The zero-order valence-electron chi connectivity index (χ0n) is 9.42. The molecule has 2 N–H and O–H groups in total. The zero-order chi connectivity index (χ0) is 10.5. The van der Waals surface area contributed by atoms with Crippen LogP contribution >= 0.6 is 0 Å². The van der Waals surface area contributed by atoms with Gasteiger partial charge in [-0.1, -0.05) is 38.3 Å². The van der Waals surface area contributed by atoms with Gasteiger partial charge < -0.3 is 10.6 Å². The van der Waals surface area contributed by atoms with E-state index in [-0.39, 0.29) is 0 Å². The first kappa shape index (κ1) is 10.3. The number of hydrogen-bond donors (Lipinski definition) is 2. The fourth-order valence-electron chi connectivity index (χ4n) is 2.08. The van der Waals surface area contributed by atoms with Crippen molar-refractivity contribution in [2.45, 2.75) is 38.6 Å². The predicted molar refractivity (Wildman–Crippen MR) is 66.5 cm³/mol. The second-order valence-electron chi connectivity index (χ2n) is 4.26. The number of hydrogen-bond acceptors (Lipinski definition) is 2. The molecule has 0 bridgehead atoms. The summed E-state index contributed by atoms with van der Waals surface area (Å²) in [6.45, 7) is 3.31. The highest BCUT2D eigenvalue weighted by Crippen LogP contribution is 2.26. The summed E-state index contributed by atoms with van der Waals surface area (Å²) in [5.74, 6) is 0. The number of benzene rings is 1. The van der Waals surface area contributed by atoms with Gasteiger partial charge in [0.05, 0.1) is 11.4 Å². The number of unbranched alkanes of at least 4 members (excludes halogenated alkanes) is 2. The molecule has 2 heteroatoms. The molecule has 1 heterocycles. The van der Waals surface area contributed by atoms with E-state index in [1.165, 1.54) is 37.1 Å². The van der Waals surface area contributed by atoms with E-state index in [1.807, 2.05) is 0 Å². The van der Waals surface area contributed by atoms with Gasteiger partial charge in [-0.05, 0) is 18.6 Å². The lowest BCUT2D eigenvalue weighted by molar-refractivity contribution is 0.596. The summed E-state index contributed by atoms with van der Waals surface area (Å²) in [6.07, 6.45) is 5.25. The Hall–Kier alpha value is -1.18. The third-order valence-corrected chi connectivity index (χ3v) is 2.98. The summed E-state index contributed by atoms with van der Waals surface area (Å²) < 4.78 is 0. The molecular formula is C13H20N2. The van der Waals surface area contributed by atoms with Gasteiger partial charge in [0, 0.05) is 12.6 Å². The Bertz CT molecular complexity index is 309. The molecule has 0 saturated heterocycles. The number of fused-ring (bicyclic) bond motifs is 1. The Morgan fingerprint density at radius 2 is 2.00 bits per heavy atom. The van der Waals surface area contributed by atoms with Gasteiger partial charge in [0.25, 0.3) is 0 Å². The molecule has 1 aromatic rings. The van der Waals surface area contributed by atoms with Gasteiger partial charge in [0.1, 0.15) is 0 Å². The van der Waals surface area contributed by atoms with Crippen molar-refractivity contribution in [3.8, 4) is 0 Å². The summed E-state index contributed by atoms with van der Waals surface area (Å²) in [7, 11) is 0. The third-order valence-electron chi connectivity index (χ3n) is 2.98. The molecule has 0 radical (unpaired) electrons. The van der Waals surface area contributed by atoms with Crippen LogP contribution in [0.1, 0.15) is 32.6 Å². The smallest absolute Gasteiger partial charge is 0.0578 e. The van der Waals surface area contributed by atoms with E-state index in [4.69, 9.17) is 0 Å². The van der Waals surface area contributed by atoms with Crippen molar-refractivity contribution >= 4 is 11.4 Å².